The fourth-order valence-corrected chi connectivity index (χ4v) is 6.21. The van der Waals surface area contributed by atoms with Gasteiger partial charge in [0.25, 0.3) is 0 Å². The lowest BCUT2D eigenvalue weighted by atomic mass is 10.4. The average molecular weight is 404 g/mol. The molecule has 0 heterocycles. The molecule has 8 heteroatoms. The maximum atomic E-state index is 12.5. The second-order valence-electron chi connectivity index (χ2n) is 4.44. The fraction of sp³-hybridized carbons (Fsp3) is 0.143. The minimum atomic E-state index is -3.92. The van der Waals surface area contributed by atoms with Crippen LogP contribution in [0.1, 0.15) is 0 Å². The van der Waals surface area contributed by atoms with Crippen molar-refractivity contribution in [3.8, 4) is 0 Å². The summed E-state index contributed by atoms with van der Waals surface area (Å²) in [5.74, 6) is 0. The summed E-state index contributed by atoms with van der Waals surface area (Å²) in [5.41, 5.74) is 0. The molecule has 0 bridgehead atoms. The normalized spacial score (nSPS) is 13.7. The van der Waals surface area contributed by atoms with Crippen LogP contribution in [0.5, 0.6) is 0 Å². The number of benzene rings is 2. The third kappa shape index (κ3) is 3.75. The summed E-state index contributed by atoms with van der Waals surface area (Å²) in [6.45, 7) is 0. The molecule has 0 saturated carbocycles. The van der Waals surface area contributed by atoms with Gasteiger partial charge in [-0.1, -0.05) is 52.3 Å². The molecule has 1 N–H and O–H groups in total. The Hall–Kier alpha value is -1.22. The highest BCUT2D eigenvalue weighted by Crippen LogP contribution is 2.18. The highest BCUT2D eigenvalue weighted by molar-refractivity contribution is 9.09. The predicted molar refractivity (Wildman–Crippen MR) is 88.0 cm³/mol. The van der Waals surface area contributed by atoms with E-state index in [9.17, 15) is 16.8 Å². The van der Waals surface area contributed by atoms with E-state index in [1.54, 1.807) is 36.4 Å². The molecule has 0 aromatic heterocycles. The molecule has 0 fully saturated rings. The number of sulfone groups is 1. The van der Waals surface area contributed by atoms with Crippen LogP contribution in [0.2, 0.25) is 0 Å². The monoisotopic (exact) mass is 403 g/mol. The van der Waals surface area contributed by atoms with E-state index in [0.717, 1.165) is 0 Å². The lowest BCUT2D eigenvalue weighted by Gasteiger charge is -2.17. The first-order valence-electron chi connectivity index (χ1n) is 6.30. The Bertz CT molecular complexity index is 822. The molecule has 1 unspecified atom stereocenters. The topological polar surface area (TPSA) is 80.3 Å². The van der Waals surface area contributed by atoms with E-state index < -0.39 is 25.2 Å². The molecule has 2 aromatic carbocycles. The van der Waals surface area contributed by atoms with Gasteiger partial charge in [-0.15, -0.1) is 0 Å². The number of hydrogen-bond donors (Lipinski definition) is 1. The summed E-state index contributed by atoms with van der Waals surface area (Å²) in [5, 5.41) is -1.35. The van der Waals surface area contributed by atoms with Gasteiger partial charge in [-0.3, -0.25) is 0 Å². The van der Waals surface area contributed by atoms with Crippen LogP contribution < -0.4 is 4.72 Å². The number of alkyl halides is 1. The van der Waals surface area contributed by atoms with Gasteiger partial charge in [-0.25, -0.2) is 16.8 Å². The van der Waals surface area contributed by atoms with Gasteiger partial charge in [-0.2, -0.15) is 4.72 Å². The van der Waals surface area contributed by atoms with Crippen LogP contribution in [-0.2, 0) is 19.9 Å². The van der Waals surface area contributed by atoms with Gasteiger partial charge in [-0.05, 0) is 24.3 Å². The Morgan fingerprint density at radius 2 is 1.27 bits per heavy atom. The average Bonchev–Trinajstić information content (AvgIpc) is 2.54. The van der Waals surface area contributed by atoms with Crippen molar-refractivity contribution < 1.29 is 16.8 Å². The van der Waals surface area contributed by atoms with Crippen molar-refractivity contribution in [1.82, 2.24) is 4.72 Å². The number of sulfonamides is 1. The van der Waals surface area contributed by atoms with Crippen LogP contribution >= 0.6 is 15.9 Å². The smallest absolute Gasteiger partial charge is 0.222 e. The third-order valence-electron chi connectivity index (χ3n) is 2.93. The Morgan fingerprint density at radius 3 is 1.73 bits per heavy atom. The standard InChI is InChI=1S/C14H14BrNO4S2/c15-11-14(21(17,18)12-7-3-1-4-8-12)16-22(19,20)13-9-5-2-6-10-13/h1-10,14,16H,11H2. The Balaban J connectivity index is 2.34. The molecular weight excluding hydrogens is 390 g/mol. The van der Waals surface area contributed by atoms with Crippen molar-refractivity contribution in [1.29, 1.82) is 0 Å². The molecule has 0 spiro atoms. The predicted octanol–water partition coefficient (Wildman–Crippen LogP) is 2.16. The second kappa shape index (κ2) is 6.91. The van der Waals surface area contributed by atoms with Crippen molar-refractivity contribution in [2.45, 2.75) is 15.2 Å². The van der Waals surface area contributed by atoms with E-state index in [1.165, 1.54) is 24.3 Å². The minimum absolute atomic E-state index is 0.0178. The molecule has 22 heavy (non-hydrogen) atoms. The van der Waals surface area contributed by atoms with Gasteiger partial charge >= 0.3 is 0 Å². The van der Waals surface area contributed by atoms with Gasteiger partial charge in [0.2, 0.25) is 10.0 Å². The Morgan fingerprint density at radius 1 is 0.818 bits per heavy atom. The molecule has 0 aliphatic heterocycles. The van der Waals surface area contributed by atoms with E-state index in [4.69, 9.17) is 0 Å². The molecule has 0 saturated heterocycles. The molecular formula is C14H14BrNO4S2. The summed E-state index contributed by atoms with van der Waals surface area (Å²) in [4.78, 5) is 0.0828. The van der Waals surface area contributed by atoms with Crippen LogP contribution in [0.15, 0.2) is 70.5 Å². The SMILES string of the molecule is O=S(=O)(NC(CBr)S(=O)(=O)c1ccccc1)c1ccccc1. The molecule has 0 amide bonds. The van der Waals surface area contributed by atoms with Crippen LogP contribution in [-0.4, -0.2) is 27.5 Å². The highest BCUT2D eigenvalue weighted by Gasteiger charge is 2.31. The first-order chi connectivity index (χ1) is 10.4. The first-order valence-corrected chi connectivity index (χ1v) is 10.5. The maximum absolute atomic E-state index is 12.5. The zero-order chi connectivity index (χ0) is 16.2. The second-order valence-corrected chi connectivity index (χ2v) is 8.93. The van der Waals surface area contributed by atoms with E-state index in [2.05, 4.69) is 20.7 Å². The van der Waals surface area contributed by atoms with E-state index in [-0.39, 0.29) is 15.1 Å². The molecule has 0 aliphatic carbocycles. The summed E-state index contributed by atoms with van der Waals surface area (Å²) >= 11 is 3.07. The van der Waals surface area contributed by atoms with Crippen molar-refractivity contribution in [2.24, 2.45) is 0 Å². The van der Waals surface area contributed by atoms with E-state index in [0.29, 0.717) is 0 Å². The summed E-state index contributed by atoms with van der Waals surface area (Å²) < 4.78 is 51.8. The van der Waals surface area contributed by atoms with Crippen molar-refractivity contribution in [3.05, 3.63) is 60.7 Å². The maximum Gasteiger partial charge on any atom is 0.241 e. The summed E-state index contributed by atoms with van der Waals surface area (Å²) in [6, 6.07) is 15.4. The summed E-state index contributed by atoms with van der Waals surface area (Å²) in [7, 11) is -7.75. The van der Waals surface area contributed by atoms with Crippen molar-refractivity contribution in [3.63, 3.8) is 0 Å². The zero-order valence-corrected chi connectivity index (χ0v) is 14.6. The molecule has 5 nitrogen and oxygen atoms in total. The Labute approximate surface area is 138 Å². The first kappa shape index (κ1) is 17.1. The molecule has 0 aliphatic rings. The largest absolute Gasteiger partial charge is 0.241 e. The van der Waals surface area contributed by atoms with Crippen molar-refractivity contribution >= 4 is 35.8 Å². The third-order valence-corrected chi connectivity index (χ3v) is 7.60. The number of rotatable bonds is 6. The Kier molecular flexibility index (Phi) is 5.38. The number of hydrogen-bond acceptors (Lipinski definition) is 4. The molecule has 0 radical (unpaired) electrons. The fourth-order valence-electron chi connectivity index (χ4n) is 1.79. The minimum Gasteiger partial charge on any atom is -0.222 e. The number of halogens is 1. The van der Waals surface area contributed by atoms with Crippen molar-refractivity contribution in [2.75, 3.05) is 5.33 Å². The van der Waals surface area contributed by atoms with Gasteiger partial charge < -0.3 is 0 Å². The quantitative estimate of drug-likeness (QED) is 0.749. The molecule has 2 rings (SSSR count). The van der Waals surface area contributed by atoms with Crippen LogP contribution in [0.3, 0.4) is 0 Å². The van der Waals surface area contributed by atoms with Gasteiger partial charge in [0.1, 0.15) is 5.37 Å². The van der Waals surface area contributed by atoms with Crippen LogP contribution in [0.25, 0.3) is 0 Å². The lowest BCUT2D eigenvalue weighted by molar-refractivity contribution is 0.561. The van der Waals surface area contributed by atoms with Gasteiger partial charge in [0.05, 0.1) is 9.79 Å². The van der Waals surface area contributed by atoms with Gasteiger partial charge in [0, 0.05) is 5.33 Å². The van der Waals surface area contributed by atoms with Crippen LogP contribution in [0, 0.1) is 0 Å². The molecule has 1 atom stereocenters. The van der Waals surface area contributed by atoms with E-state index >= 15 is 0 Å². The van der Waals surface area contributed by atoms with E-state index in [1.807, 2.05) is 0 Å². The summed E-state index contributed by atoms with van der Waals surface area (Å²) in [6.07, 6.45) is 0. The van der Waals surface area contributed by atoms with Gasteiger partial charge in [0.15, 0.2) is 9.84 Å². The molecule has 2 aromatic rings. The number of nitrogens with one attached hydrogen (secondary N) is 1. The highest BCUT2D eigenvalue weighted by atomic mass is 79.9. The zero-order valence-electron chi connectivity index (χ0n) is 11.4. The molecule has 118 valence electrons. The van der Waals surface area contributed by atoms with Crippen LogP contribution in [0.4, 0.5) is 0 Å². The lowest BCUT2D eigenvalue weighted by Crippen LogP contribution is -2.41.